The van der Waals surface area contributed by atoms with Gasteiger partial charge in [-0.3, -0.25) is 0 Å². The number of aryl methyl sites for hydroxylation is 1. The van der Waals surface area contributed by atoms with E-state index in [9.17, 15) is 0 Å². The number of hydrogen-bond donors (Lipinski definition) is 1. The predicted molar refractivity (Wildman–Crippen MR) is 44.3 cm³/mol. The zero-order chi connectivity index (χ0) is 6.81. The van der Waals surface area contributed by atoms with Crippen LogP contribution in [0.5, 0.6) is 0 Å². The molecule has 0 aliphatic carbocycles. The van der Waals surface area contributed by atoms with Crippen LogP contribution in [0.3, 0.4) is 0 Å². The van der Waals surface area contributed by atoms with E-state index in [1.54, 1.807) is 4.88 Å². The Balaban J connectivity index is 2.28. The minimum Gasteiger partial charge on any atom is -0.313 e. The van der Waals surface area contributed by atoms with E-state index in [2.05, 4.69) is 16.8 Å². The molecule has 0 bridgehead atoms. The Morgan fingerprint density at radius 3 is 3.50 bits per heavy atom. The van der Waals surface area contributed by atoms with Crippen LogP contribution < -0.4 is 5.32 Å². The van der Waals surface area contributed by atoms with Gasteiger partial charge in [0.2, 0.25) is 0 Å². The van der Waals surface area contributed by atoms with Crippen molar-refractivity contribution in [2.24, 2.45) is 0 Å². The molecule has 1 aromatic heterocycles. The molecule has 2 rings (SSSR count). The zero-order valence-corrected chi connectivity index (χ0v) is 6.71. The van der Waals surface area contributed by atoms with Crippen molar-refractivity contribution in [3.63, 3.8) is 0 Å². The van der Waals surface area contributed by atoms with Crippen molar-refractivity contribution in [2.45, 2.75) is 19.4 Å². The van der Waals surface area contributed by atoms with Gasteiger partial charge in [0.1, 0.15) is 0 Å². The SMILES string of the molecule is c1cc2c(s1)CCCNC2. The molecule has 2 heterocycles. The van der Waals surface area contributed by atoms with E-state index in [0.717, 1.165) is 6.54 Å². The second-order valence-corrected chi connectivity index (χ2v) is 3.65. The van der Waals surface area contributed by atoms with Crippen LogP contribution >= 0.6 is 11.3 Å². The molecular weight excluding hydrogens is 142 g/mol. The predicted octanol–water partition coefficient (Wildman–Crippen LogP) is 1.78. The van der Waals surface area contributed by atoms with Crippen LogP contribution in [0.25, 0.3) is 0 Å². The first-order valence-corrected chi connectivity index (χ1v) is 4.61. The van der Waals surface area contributed by atoms with E-state index in [-0.39, 0.29) is 0 Å². The Hall–Kier alpha value is -0.340. The summed E-state index contributed by atoms with van der Waals surface area (Å²) in [5.74, 6) is 0. The maximum absolute atomic E-state index is 3.40. The summed E-state index contributed by atoms with van der Waals surface area (Å²) in [5.41, 5.74) is 1.52. The molecule has 1 nitrogen and oxygen atoms in total. The molecule has 10 heavy (non-hydrogen) atoms. The van der Waals surface area contributed by atoms with Gasteiger partial charge in [0.25, 0.3) is 0 Å². The van der Waals surface area contributed by atoms with Crippen molar-refractivity contribution in [3.8, 4) is 0 Å². The second kappa shape index (κ2) is 2.72. The third-order valence-corrected chi connectivity index (χ3v) is 2.93. The summed E-state index contributed by atoms with van der Waals surface area (Å²) in [5, 5.41) is 5.59. The lowest BCUT2D eigenvalue weighted by Gasteiger charge is -1.94. The van der Waals surface area contributed by atoms with Gasteiger partial charge < -0.3 is 5.32 Å². The summed E-state index contributed by atoms with van der Waals surface area (Å²) in [7, 11) is 0. The van der Waals surface area contributed by atoms with Crippen LogP contribution in [0.15, 0.2) is 11.4 Å². The second-order valence-electron chi connectivity index (χ2n) is 2.65. The van der Waals surface area contributed by atoms with Crippen LogP contribution in [0.1, 0.15) is 16.9 Å². The molecule has 0 unspecified atom stereocenters. The standard InChI is InChI=1S/C8H11NS/c1-2-8-7(3-5-10-8)6-9-4-1/h3,5,9H,1-2,4,6H2. The van der Waals surface area contributed by atoms with Crippen molar-refractivity contribution in [3.05, 3.63) is 21.9 Å². The lowest BCUT2D eigenvalue weighted by molar-refractivity contribution is 0.681. The van der Waals surface area contributed by atoms with Crippen molar-refractivity contribution in [1.29, 1.82) is 0 Å². The van der Waals surface area contributed by atoms with E-state index in [1.807, 2.05) is 11.3 Å². The van der Waals surface area contributed by atoms with Crippen molar-refractivity contribution in [2.75, 3.05) is 6.54 Å². The molecule has 54 valence electrons. The molecule has 0 aromatic carbocycles. The van der Waals surface area contributed by atoms with Gasteiger partial charge in [-0.05, 0) is 36.4 Å². The Labute approximate surface area is 65.1 Å². The highest BCUT2D eigenvalue weighted by atomic mass is 32.1. The van der Waals surface area contributed by atoms with Crippen LogP contribution in [-0.2, 0) is 13.0 Å². The Morgan fingerprint density at radius 2 is 2.50 bits per heavy atom. The Morgan fingerprint density at radius 1 is 1.50 bits per heavy atom. The minimum absolute atomic E-state index is 1.08. The highest BCUT2D eigenvalue weighted by Gasteiger charge is 2.06. The molecule has 0 spiro atoms. The van der Waals surface area contributed by atoms with E-state index < -0.39 is 0 Å². The molecule has 0 fully saturated rings. The summed E-state index contributed by atoms with van der Waals surface area (Å²) in [4.78, 5) is 1.59. The molecule has 0 amide bonds. The fourth-order valence-electron chi connectivity index (χ4n) is 1.34. The summed E-state index contributed by atoms with van der Waals surface area (Å²) in [6.45, 7) is 2.26. The molecule has 0 saturated heterocycles. The molecule has 2 heteroatoms. The first-order chi connectivity index (χ1) is 4.97. The van der Waals surface area contributed by atoms with Gasteiger partial charge in [0.15, 0.2) is 0 Å². The van der Waals surface area contributed by atoms with Gasteiger partial charge in [0.05, 0.1) is 0 Å². The van der Waals surface area contributed by atoms with E-state index in [0.29, 0.717) is 0 Å². The molecule has 1 aliphatic heterocycles. The third-order valence-electron chi connectivity index (χ3n) is 1.91. The van der Waals surface area contributed by atoms with Gasteiger partial charge in [-0.2, -0.15) is 0 Å². The highest BCUT2D eigenvalue weighted by Crippen LogP contribution is 2.19. The van der Waals surface area contributed by atoms with E-state index in [1.165, 1.54) is 24.9 Å². The first kappa shape index (κ1) is 6.38. The van der Waals surface area contributed by atoms with Crippen molar-refractivity contribution in [1.82, 2.24) is 5.32 Å². The number of hydrogen-bond acceptors (Lipinski definition) is 2. The lowest BCUT2D eigenvalue weighted by atomic mass is 10.2. The average Bonchev–Trinajstić information content (AvgIpc) is 2.28. The average molecular weight is 153 g/mol. The lowest BCUT2D eigenvalue weighted by Crippen LogP contribution is -2.11. The number of fused-ring (bicyclic) bond motifs is 1. The topological polar surface area (TPSA) is 12.0 Å². The number of rotatable bonds is 0. The third kappa shape index (κ3) is 1.09. The van der Waals surface area contributed by atoms with Crippen LogP contribution in [-0.4, -0.2) is 6.54 Å². The van der Waals surface area contributed by atoms with Crippen LogP contribution in [0.2, 0.25) is 0 Å². The van der Waals surface area contributed by atoms with Crippen molar-refractivity contribution < 1.29 is 0 Å². The van der Waals surface area contributed by atoms with Gasteiger partial charge in [-0.25, -0.2) is 0 Å². The summed E-state index contributed by atoms with van der Waals surface area (Å²) < 4.78 is 0. The summed E-state index contributed by atoms with van der Waals surface area (Å²) >= 11 is 1.90. The molecule has 1 aromatic rings. The highest BCUT2D eigenvalue weighted by molar-refractivity contribution is 7.10. The van der Waals surface area contributed by atoms with Crippen LogP contribution in [0.4, 0.5) is 0 Å². The number of thiophene rings is 1. The molecular formula is C8H11NS. The maximum Gasteiger partial charge on any atom is 0.0216 e. The van der Waals surface area contributed by atoms with E-state index >= 15 is 0 Å². The van der Waals surface area contributed by atoms with Gasteiger partial charge in [-0.15, -0.1) is 11.3 Å². The summed E-state index contributed by atoms with van der Waals surface area (Å²) in [6.07, 6.45) is 2.58. The largest absolute Gasteiger partial charge is 0.313 e. The number of nitrogens with one attached hydrogen (secondary N) is 1. The van der Waals surface area contributed by atoms with Gasteiger partial charge in [0, 0.05) is 11.4 Å². The smallest absolute Gasteiger partial charge is 0.0216 e. The molecule has 1 aliphatic rings. The molecule has 0 atom stereocenters. The Kier molecular flexibility index (Phi) is 1.74. The molecule has 0 saturated carbocycles. The zero-order valence-electron chi connectivity index (χ0n) is 5.89. The molecule has 0 radical (unpaired) electrons. The Bertz CT molecular complexity index is 196. The first-order valence-electron chi connectivity index (χ1n) is 3.73. The monoisotopic (exact) mass is 153 g/mol. The van der Waals surface area contributed by atoms with E-state index in [4.69, 9.17) is 0 Å². The quantitative estimate of drug-likeness (QED) is 0.599. The maximum atomic E-state index is 3.40. The fraction of sp³-hybridized carbons (Fsp3) is 0.500. The van der Waals surface area contributed by atoms with Crippen LogP contribution in [0, 0.1) is 0 Å². The van der Waals surface area contributed by atoms with Gasteiger partial charge in [-0.1, -0.05) is 0 Å². The minimum atomic E-state index is 1.08. The normalized spacial score (nSPS) is 18.0. The van der Waals surface area contributed by atoms with Crippen molar-refractivity contribution >= 4 is 11.3 Å². The van der Waals surface area contributed by atoms with Gasteiger partial charge >= 0.3 is 0 Å². The fourth-order valence-corrected chi connectivity index (χ4v) is 2.29. The molecule has 1 N–H and O–H groups in total. The summed E-state index contributed by atoms with van der Waals surface area (Å²) in [6, 6.07) is 2.23.